The van der Waals surface area contributed by atoms with Gasteiger partial charge in [-0.25, -0.2) is 18.6 Å². The van der Waals surface area contributed by atoms with E-state index in [1.807, 2.05) is 49.2 Å². The van der Waals surface area contributed by atoms with E-state index in [2.05, 4.69) is 5.10 Å². The number of hydrogen-bond acceptors (Lipinski definition) is 7. The SMILES string of the molecule is COc1ccc(C2=NN(C(=O)CN(C)C(C)c3ccc(S(N)(=O)=O)cc3)C(c3ccco3)C2)cc1. The zero-order valence-corrected chi connectivity index (χ0v) is 20.6. The number of methoxy groups -OCH3 is 1. The van der Waals surface area contributed by atoms with Crippen LogP contribution in [0, 0.1) is 0 Å². The molecule has 0 radical (unpaired) electrons. The molecule has 2 unspecified atom stereocenters. The van der Waals surface area contributed by atoms with Gasteiger partial charge in [-0.1, -0.05) is 12.1 Å². The maximum Gasteiger partial charge on any atom is 0.257 e. The number of amides is 1. The summed E-state index contributed by atoms with van der Waals surface area (Å²) in [5.41, 5.74) is 2.56. The molecule has 9 nitrogen and oxygen atoms in total. The minimum absolute atomic E-state index is 0.0472. The molecule has 2 N–H and O–H groups in total. The summed E-state index contributed by atoms with van der Waals surface area (Å²) in [5, 5.41) is 11.3. The lowest BCUT2D eigenvalue weighted by atomic mass is 10.0. The summed E-state index contributed by atoms with van der Waals surface area (Å²) < 4.78 is 33.9. The van der Waals surface area contributed by atoms with Gasteiger partial charge in [-0.2, -0.15) is 5.10 Å². The van der Waals surface area contributed by atoms with Gasteiger partial charge in [-0.05, 0) is 73.6 Å². The smallest absolute Gasteiger partial charge is 0.257 e. The standard InChI is InChI=1S/C25H28N4O5S/c1-17(18-8-12-21(13-9-18)35(26,31)32)28(2)16-25(30)29-23(24-5-4-14-34-24)15-22(27-29)19-6-10-20(33-3)11-7-19/h4-14,17,23H,15-16H2,1-3H3,(H2,26,31,32). The highest BCUT2D eigenvalue weighted by molar-refractivity contribution is 7.89. The van der Waals surface area contributed by atoms with Crippen molar-refractivity contribution in [3.8, 4) is 5.75 Å². The van der Waals surface area contributed by atoms with E-state index in [9.17, 15) is 13.2 Å². The fraction of sp³-hybridized carbons (Fsp3) is 0.280. The third kappa shape index (κ3) is 5.45. The highest BCUT2D eigenvalue weighted by Crippen LogP contribution is 2.34. The van der Waals surface area contributed by atoms with Crippen molar-refractivity contribution in [3.63, 3.8) is 0 Å². The third-order valence-corrected chi connectivity index (χ3v) is 7.13. The van der Waals surface area contributed by atoms with E-state index in [1.165, 1.54) is 17.1 Å². The Morgan fingerprint density at radius 1 is 1.20 bits per heavy atom. The molecule has 2 aromatic carbocycles. The monoisotopic (exact) mass is 496 g/mol. The molecule has 1 aromatic heterocycles. The van der Waals surface area contributed by atoms with Crippen LogP contribution in [-0.4, -0.2) is 50.6 Å². The van der Waals surface area contributed by atoms with Crippen molar-refractivity contribution in [1.82, 2.24) is 9.91 Å². The van der Waals surface area contributed by atoms with Gasteiger partial charge in [-0.3, -0.25) is 9.69 Å². The predicted molar refractivity (Wildman–Crippen MR) is 131 cm³/mol. The fourth-order valence-corrected chi connectivity index (χ4v) is 4.53. The number of sulfonamides is 1. The number of nitrogens with two attached hydrogens (primary N) is 1. The maximum atomic E-state index is 13.4. The molecule has 1 aliphatic rings. The molecule has 0 spiro atoms. The fourth-order valence-electron chi connectivity index (χ4n) is 4.01. The van der Waals surface area contributed by atoms with Gasteiger partial charge in [0, 0.05) is 12.5 Å². The number of carbonyl (C=O) groups is 1. The molecule has 1 aliphatic heterocycles. The van der Waals surface area contributed by atoms with Gasteiger partial charge in [0.15, 0.2) is 0 Å². The van der Waals surface area contributed by atoms with Crippen molar-refractivity contribution in [2.45, 2.75) is 30.3 Å². The summed E-state index contributed by atoms with van der Waals surface area (Å²) in [6, 6.07) is 17.1. The van der Waals surface area contributed by atoms with Gasteiger partial charge in [0.2, 0.25) is 10.0 Å². The number of likely N-dealkylation sites (N-methyl/N-ethyl adjacent to an activating group) is 1. The first kappa shape index (κ1) is 24.6. The molecule has 2 heterocycles. The van der Waals surface area contributed by atoms with Crippen LogP contribution in [0.1, 0.15) is 42.3 Å². The number of ether oxygens (including phenoxy) is 1. The Kier molecular flexibility index (Phi) is 7.06. The molecule has 0 bridgehead atoms. The normalized spacial score (nSPS) is 16.9. The number of hydrogen-bond donors (Lipinski definition) is 1. The molecular formula is C25H28N4O5S. The second-order valence-electron chi connectivity index (χ2n) is 8.45. The van der Waals surface area contributed by atoms with E-state index in [0.717, 1.165) is 22.6 Å². The summed E-state index contributed by atoms with van der Waals surface area (Å²) in [6.45, 7) is 2.05. The second-order valence-corrected chi connectivity index (χ2v) is 10.0. The molecule has 0 saturated carbocycles. The van der Waals surface area contributed by atoms with Crippen LogP contribution in [0.25, 0.3) is 0 Å². The second kappa shape index (κ2) is 10.0. The van der Waals surface area contributed by atoms with E-state index in [-0.39, 0.29) is 29.4 Å². The van der Waals surface area contributed by atoms with Crippen molar-refractivity contribution < 1.29 is 22.4 Å². The average Bonchev–Trinajstić information content (AvgIpc) is 3.53. The van der Waals surface area contributed by atoms with Crippen LogP contribution in [0.5, 0.6) is 5.75 Å². The van der Waals surface area contributed by atoms with E-state index < -0.39 is 10.0 Å². The van der Waals surface area contributed by atoms with Crippen molar-refractivity contribution in [2.75, 3.05) is 20.7 Å². The minimum atomic E-state index is -3.76. The largest absolute Gasteiger partial charge is 0.497 e. The van der Waals surface area contributed by atoms with Crippen LogP contribution in [0.15, 0.2) is 81.3 Å². The van der Waals surface area contributed by atoms with Crippen molar-refractivity contribution in [3.05, 3.63) is 83.8 Å². The quantitative estimate of drug-likeness (QED) is 0.511. The average molecular weight is 497 g/mol. The van der Waals surface area contributed by atoms with E-state index >= 15 is 0 Å². The highest BCUT2D eigenvalue weighted by Gasteiger charge is 2.35. The van der Waals surface area contributed by atoms with E-state index in [4.69, 9.17) is 14.3 Å². The van der Waals surface area contributed by atoms with Crippen LogP contribution < -0.4 is 9.88 Å². The van der Waals surface area contributed by atoms with Gasteiger partial charge in [0.25, 0.3) is 5.91 Å². The summed E-state index contributed by atoms with van der Waals surface area (Å²) in [5.74, 6) is 1.24. The number of furan rings is 1. The first-order valence-corrected chi connectivity index (χ1v) is 12.6. The highest BCUT2D eigenvalue weighted by atomic mass is 32.2. The lowest BCUT2D eigenvalue weighted by Crippen LogP contribution is -2.37. The van der Waals surface area contributed by atoms with Gasteiger partial charge in [0.1, 0.15) is 17.6 Å². The molecule has 184 valence electrons. The first-order chi connectivity index (χ1) is 16.7. The molecule has 0 fully saturated rings. The zero-order chi connectivity index (χ0) is 25.2. The molecule has 1 amide bonds. The Morgan fingerprint density at radius 3 is 2.46 bits per heavy atom. The minimum Gasteiger partial charge on any atom is -0.497 e. The van der Waals surface area contributed by atoms with E-state index in [0.29, 0.717) is 12.2 Å². The van der Waals surface area contributed by atoms with Crippen molar-refractivity contribution >= 4 is 21.6 Å². The Labute approximate surface area is 204 Å². The Morgan fingerprint density at radius 2 is 1.89 bits per heavy atom. The molecule has 2 atom stereocenters. The van der Waals surface area contributed by atoms with Crippen LogP contribution in [0.2, 0.25) is 0 Å². The molecule has 0 saturated heterocycles. The topological polar surface area (TPSA) is 118 Å². The van der Waals surface area contributed by atoms with Crippen molar-refractivity contribution in [2.24, 2.45) is 10.2 Å². The zero-order valence-electron chi connectivity index (χ0n) is 19.8. The first-order valence-electron chi connectivity index (χ1n) is 11.1. The predicted octanol–water partition coefficient (Wildman–Crippen LogP) is 3.31. The van der Waals surface area contributed by atoms with Crippen LogP contribution in [0.3, 0.4) is 0 Å². The summed E-state index contributed by atoms with van der Waals surface area (Å²) >= 11 is 0. The molecular weight excluding hydrogens is 468 g/mol. The Hall–Kier alpha value is -3.47. The van der Waals surface area contributed by atoms with Crippen LogP contribution in [-0.2, 0) is 14.8 Å². The summed E-state index contributed by atoms with van der Waals surface area (Å²) in [6.07, 6.45) is 2.11. The van der Waals surface area contributed by atoms with Gasteiger partial charge < -0.3 is 9.15 Å². The molecule has 4 rings (SSSR count). The number of hydrazone groups is 1. The number of primary sulfonamides is 1. The molecule has 3 aromatic rings. The van der Waals surface area contributed by atoms with Gasteiger partial charge >= 0.3 is 0 Å². The van der Waals surface area contributed by atoms with Crippen LogP contribution >= 0.6 is 0 Å². The summed E-state index contributed by atoms with van der Waals surface area (Å²) in [7, 11) is -0.312. The van der Waals surface area contributed by atoms with Crippen LogP contribution in [0.4, 0.5) is 0 Å². The lowest BCUT2D eigenvalue weighted by Gasteiger charge is -2.27. The lowest BCUT2D eigenvalue weighted by molar-refractivity contribution is -0.134. The number of carbonyl (C=O) groups excluding carboxylic acids is 1. The molecule has 0 aliphatic carbocycles. The van der Waals surface area contributed by atoms with Gasteiger partial charge in [0.05, 0.1) is 30.5 Å². The Balaban J connectivity index is 1.52. The van der Waals surface area contributed by atoms with Gasteiger partial charge in [-0.15, -0.1) is 0 Å². The Bertz CT molecular complexity index is 1300. The summed E-state index contributed by atoms with van der Waals surface area (Å²) in [4.78, 5) is 15.3. The number of nitrogens with zero attached hydrogens (tertiary/aromatic N) is 3. The van der Waals surface area contributed by atoms with Crippen molar-refractivity contribution in [1.29, 1.82) is 0 Å². The number of rotatable bonds is 8. The third-order valence-electron chi connectivity index (χ3n) is 6.20. The molecule has 10 heteroatoms. The molecule has 35 heavy (non-hydrogen) atoms. The van der Waals surface area contributed by atoms with E-state index in [1.54, 1.807) is 31.6 Å². The number of benzene rings is 2. The maximum absolute atomic E-state index is 13.4.